The molecule has 1 spiro atoms. The van der Waals surface area contributed by atoms with Gasteiger partial charge in [-0.1, -0.05) is 41.6 Å². The van der Waals surface area contributed by atoms with Crippen molar-refractivity contribution in [1.82, 2.24) is 4.90 Å². The van der Waals surface area contributed by atoms with E-state index in [1.807, 2.05) is 30.3 Å². The second-order valence-corrected chi connectivity index (χ2v) is 7.51. The highest BCUT2D eigenvalue weighted by molar-refractivity contribution is 6.35. The lowest BCUT2D eigenvalue weighted by atomic mass is 9.72. The number of benzene rings is 2. The van der Waals surface area contributed by atoms with Crippen LogP contribution in [0.3, 0.4) is 0 Å². The highest BCUT2D eigenvalue weighted by Gasteiger charge is 2.51. The maximum Gasteiger partial charge on any atom is 0.331 e. The summed E-state index contributed by atoms with van der Waals surface area (Å²) in [6, 6.07) is 14.5. The third-order valence-corrected chi connectivity index (χ3v) is 5.82. The van der Waals surface area contributed by atoms with Crippen LogP contribution in [0.15, 0.2) is 48.5 Å². The number of halogens is 1. The minimum absolute atomic E-state index is 0.192. The Morgan fingerprint density at radius 2 is 1.70 bits per heavy atom. The molecule has 1 aliphatic heterocycles. The molecule has 1 heterocycles. The van der Waals surface area contributed by atoms with Gasteiger partial charge in [-0.2, -0.15) is 0 Å². The Hall–Kier alpha value is -2.77. The molecule has 1 saturated carbocycles. The minimum Gasteiger partial charge on any atom is -0.321 e. The van der Waals surface area contributed by atoms with Crippen LogP contribution in [0, 0.1) is 11.8 Å². The number of imide groups is 1. The van der Waals surface area contributed by atoms with Crippen molar-refractivity contribution in [3.8, 4) is 11.8 Å². The number of hydrogen-bond donors (Lipinski definition) is 0. The van der Waals surface area contributed by atoms with Crippen molar-refractivity contribution in [1.29, 1.82) is 0 Å². The monoisotopic (exact) mass is 378 g/mol. The molecule has 1 aliphatic carbocycles. The smallest absolute Gasteiger partial charge is 0.321 e. The predicted molar refractivity (Wildman–Crippen MR) is 106 cm³/mol. The van der Waals surface area contributed by atoms with E-state index in [0.717, 1.165) is 30.4 Å². The van der Waals surface area contributed by atoms with E-state index in [9.17, 15) is 9.59 Å². The van der Waals surface area contributed by atoms with Crippen LogP contribution in [-0.4, -0.2) is 29.4 Å². The Labute approximate surface area is 163 Å². The van der Waals surface area contributed by atoms with E-state index in [2.05, 4.69) is 11.8 Å². The normalized spacial score (nSPS) is 18.1. The van der Waals surface area contributed by atoms with Crippen LogP contribution in [-0.2, 0) is 4.79 Å². The van der Waals surface area contributed by atoms with Gasteiger partial charge in [0.15, 0.2) is 0 Å². The number of urea groups is 1. The number of nitrogens with zero attached hydrogens (tertiary/aromatic N) is 2. The molecule has 0 unspecified atom stereocenters. The maximum absolute atomic E-state index is 12.8. The zero-order chi connectivity index (χ0) is 19.0. The van der Waals surface area contributed by atoms with Gasteiger partial charge < -0.3 is 4.90 Å². The fourth-order valence-corrected chi connectivity index (χ4v) is 3.97. The molecule has 0 N–H and O–H groups in total. The van der Waals surface area contributed by atoms with Gasteiger partial charge >= 0.3 is 6.03 Å². The Kier molecular flexibility index (Phi) is 4.41. The SMILES string of the molecule is CN1C(=O)N(c2ccc(C#Cc3ccccc3)cc2Cl)C(=O)CC12CCC2. The van der Waals surface area contributed by atoms with E-state index in [0.29, 0.717) is 17.1 Å². The topological polar surface area (TPSA) is 40.6 Å². The van der Waals surface area contributed by atoms with Crippen LogP contribution in [0.2, 0.25) is 5.02 Å². The fourth-order valence-electron chi connectivity index (χ4n) is 3.70. The van der Waals surface area contributed by atoms with Gasteiger partial charge in [-0.3, -0.25) is 4.79 Å². The van der Waals surface area contributed by atoms with Crippen molar-refractivity contribution < 1.29 is 9.59 Å². The fraction of sp³-hybridized carbons (Fsp3) is 0.273. The Balaban J connectivity index is 1.60. The molecule has 0 bridgehead atoms. The third kappa shape index (κ3) is 3.09. The van der Waals surface area contributed by atoms with E-state index >= 15 is 0 Å². The molecule has 0 radical (unpaired) electrons. The van der Waals surface area contributed by atoms with Gasteiger partial charge in [0.05, 0.1) is 22.7 Å². The first-order chi connectivity index (χ1) is 13.0. The summed E-state index contributed by atoms with van der Waals surface area (Å²) in [5, 5.41) is 0.342. The summed E-state index contributed by atoms with van der Waals surface area (Å²) in [5.41, 5.74) is 1.76. The van der Waals surface area contributed by atoms with Gasteiger partial charge in [0.1, 0.15) is 0 Å². The third-order valence-electron chi connectivity index (χ3n) is 5.52. The number of rotatable bonds is 1. The van der Waals surface area contributed by atoms with E-state index in [4.69, 9.17) is 11.6 Å². The molecular weight excluding hydrogens is 360 g/mol. The molecule has 4 rings (SSSR count). The van der Waals surface area contributed by atoms with E-state index in [1.54, 1.807) is 30.1 Å². The first-order valence-corrected chi connectivity index (χ1v) is 9.35. The van der Waals surface area contributed by atoms with Crippen molar-refractivity contribution in [2.24, 2.45) is 0 Å². The van der Waals surface area contributed by atoms with E-state index in [-0.39, 0.29) is 17.5 Å². The van der Waals surface area contributed by atoms with E-state index in [1.165, 1.54) is 4.90 Å². The summed E-state index contributed by atoms with van der Waals surface area (Å²) in [6.07, 6.45) is 3.18. The van der Waals surface area contributed by atoms with Gasteiger partial charge in [-0.25, -0.2) is 9.69 Å². The predicted octanol–water partition coefficient (Wildman–Crippen LogP) is 4.45. The van der Waals surface area contributed by atoms with Crippen LogP contribution >= 0.6 is 11.6 Å². The Morgan fingerprint density at radius 1 is 1.00 bits per heavy atom. The molecule has 0 aromatic heterocycles. The highest BCUT2D eigenvalue weighted by atomic mass is 35.5. The molecule has 0 atom stereocenters. The molecule has 2 aromatic carbocycles. The second-order valence-electron chi connectivity index (χ2n) is 7.11. The molecule has 4 nitrogen and oxygen atoms in total. The highest BCUT2D eigenvalue weighted by Crippen LogP contribution is 2.44. The van der Waals surface area contributed by atoms with E-state index < -0.39 is 0 Å². The molecule has 27 heavy (non-hydrogen) atoms. The lowest BCUT2D eigenvalue weighted by Crippen LogP contribution is -2.65. The van der Waals surface area contributed by atoms with Crippen LogP contribution < -0.4 is 4.90 Å². The zero-order valence-electron chi connectivity index (χ0n) is 15.0. The quantitative estimate of drug-likeness (QED) is 0.688. The minimum atomic E-state index is -0.309. The molecule has 136 valence electrons. The van der Waals surface area contributed by atoms with Gasteiger partial charge in [-0.15, -0.1) is 0 Å². The van der Waals surface area contributed by atoms with Gasteiger partial charge in [-0.05, 0) is 49.6 Å². The lowest BCUT2D eigenvalue weighted by Gasteiger charge is -2.52. The van der Waals surface area contributed by atoms with Crippen molar-refractivity contribution in [2.75, 3.05) is 11.9 Å². The number of anilines is 1. The summed E-state index contributed by atoms with van der Waals surface area (Å²) in [5.74, 6) is 5.94. The van der Waals surface area contributed by atoms with Gasteiger partial charge in [0.25, 0.3) is 0 Å². The number of carbonyl (C=O) groups excluding carboxylic acids is 2. The first-order valence-electron chi connectivity index (χ1n) is 8.98. The van der Waals surface area contributed by atoms with Gasteiger partial charge in [0, 0.05) is 18.2 Å². The molecule has 1 saturated heterocycles. The zero-order valence-corrected chi connectivity index (χ0v) is 15.8. The van der Waals surface area contributed by atoms with Crippen molar-refractivity contribution in [3.63, 3.8) is 0 Å². The molecule has 2 aromatic rings. The first kappa shape index (κ1) is 17.6. The maximum atomic E-state index is 12.8. The summed E-state index contributed by atoms with van der Waals surface area (Å²) < 4.78 is 0. The average Bonchev–Trinajstić information content (AvgIpc) is 2.64. The number of carbonyl (C=O) groups is 2. The summed E-state index contributed by atoms with van der Waals surface area (Å²) in [6.45, 7) is 0. The average molecular weight is 379 g/mol. The summed E-state index contributed by atoms with van der Waals surface area (Å²) in [4.78, 5) is 28.4. The lowest BCUT2D eigenvalue weighted by molar-refractivity contribution is -0.124. The van der Waals surface area contributed by atoms with Crippen LogP contribution in [0.1, 0.15) is 36.8 Å². The standard InChI is InChI=1S/C22H19ClN2O2/c1-24-21(27)25(20(26)15-22(24)12-5-13-22)19-11-10-17(14-18(19)23)9-8-16-6-3-2-4-7-16/h2-4,6-7,10-11,14H,5,12-13,15H2,1H3. The van der Waals surface area contributed by atoms with Crippen LogP contribution in [0.5, 0.6) is 0 Å². The largest absolute Gasteiger partial charge is 0.331 e. The molecular formula is C22H19ClN2O2. The summed E-state index contributed by atoms with van der Waals surface area (Å²) >= 11 is 6.41. The van der Waals surface area contributed by atoms with Crippen LogP contribution in [0.25, 0.3) is 0 Å². The summed E-state index contributed by atoms with van der Waals surface area (Å²) in [7, 11) is 1.77. The molecule has 5 heteroatoms. The van der Waals surface area contributed by atoms with Crippen molar-refractivity contribution in [2.45, 2.75) is 31.2 Å². The van der Waals surface area contributed by atoms with Crippen molar-refractivity contribution in [3.05, 3.63) is 64.7 Å². The number of hydrogen-bond acceptors (Lipinski definition) is 2. The van der Waals surface area contributed by atoms with Gasteiger partial charge in [0.2, 0.25) is 5.91 Å². The molecule has 2 aliphatic rings. The van der Waals surface area contributed by atoms with Crippen LogP contribution in [0.4, 0.5) is 10.5 Å². The Morgan fingerprint density at radius 3 is 2.33 bits per heavy atom. The Bertz CT molecular complexity index is 971. The second kappa shape index (κ2) is 6.75. The molecule has 2 fully saturated rings. The van der Waals surface area contributed by atoms with Crippen molar-refractivity contribution >= 4 is 29.2 Å². The molecule has 3 amide bonds. The number of amides is 3.